The molecule has 1 unspecified atom stereocenters. The average Bonchev–Trinajstić information content (AvgIpc) is 2.73. The van der Waals surface area contributed by atoms with E-state index >= 15 is 0 Å². The molecule has 0 fully saturated rings. The van der Waals surface area contributed by atoms with Crippen molar-refractivity contribution in [3.63, 3.8) is 0 Å². The summed E-state index contributed by atoms with van der Waals surface area (Å²) in [6, 6.07) is 8.31. The first-order valence-electron chi connectivity index (χ1n) is 9.39. The van der Waals surface area contributed by atoms with Crippen molar-refractivity contribution in [2.24, 2.45) is 5.92 Å². The van der Waals surface area contributed by atoms with E-state index in [1.165, 1.54) is 31.3 Å². The number of benzene rings is 2. The van der Waals surface area contributed by atoms with Gasteiger partial charge in [-0.3, -0.25) is 9.59 Å². The van der Waals surface area contributed by atoms with Gasteiger partial charge in [0.2, 0.25) is 5.91 Å². The van der Waals surface area contributed by atoms with Crippen molar-refractivity contribution in [3.8, 4) is 11.5 Å². The second-order valence-electron chi connectivity index (χ2n) is 7.19. The van der Waals surface area contributed by atoms with Crippen LogP contribution >= 0.6 is 11.6 Å². The van der Waals surface area contributed by atoms with E-state index < -0.39 is 17.8 Å². The molecule has 0 radical (unpaired) electrons. The molecular formula is C22H26ClFN2O4. The van der Waals surface area contributed by atoms with E-state index in [4.69, 9.17) is 21.1 Å². The van der Waals surface area contributed by atoms with E-state index in [9.17, 15) is 14.0 Å². The number of carbonyl (C=O) groups is 2. The number of likely N-dealkylation sites (N-methyl/N-ethyl adjacent to an activating group) is 1. The molecule has 2 aromatic rings. The second kappa shape index (κ2) is 10.3. The van der Waals surface area contributed by atoms with Crippen LogP contribution < -0.4 is 14.8 Å². The molecule has 1 N–H and O–H groups in total. The van der Waals surface area contributed by atoms with Crippen molar-refractivity contribution < 1.29 is 23.5 Å². The first-order valence-corrected chi connectivity index (χ1v) is 9.77. The van der Waals surface area contributed by atoms with E-state index in [1.807, 2.05) is 13.8 Å². The first kappa shape index (κ1) is 23.5. The lowest BCUT2D eigenvalue weighted by Gasteiger charge is -2.27. The Kier molecular flexibility index (Phi) is 8.06. The Morgan fingerprint density at radius 1 is 1.13 bits per heavy atom. The van der Waals surface area contributed by atoms with E-state index in [1.54, 1.807) is 31.3 Å². The third kappa shape index (κ3) is 5.63. The lowest BCUT2D eigenvalue weighted by molar-refractivity contribution is -0.133. The average molecular weight is 437 g/mol. The Balaban J connectivity index is 2.20. The van der Waals surface area contributed by atoms with Crippen LogP contribution in [0, 0.1) is 11.7 Å². The van der Waals surface area contributed by atoms with Gasteiger partial charge < -0.3 is 19.7 Å². The topological polar surface area (TPSA) is 67.9 Å². The SMILES string of the molecule is COc1cc(OC)cc(C(=O)NC(C(=O)N(C)Cc2c(F)cccc2Cl)C(C)C)c1. The van der Waals surface area contributed by atoms with Gasteiger partial charge in [-0.25, -0.2) is 4.39 Å². The molecule has 2 aromatic carbocycles. The minimum absolute atomic E-state index is 0.0174. The maximum Gasteiger partial charge on any atom is 0.252 e. The molecule has 0 saturated carbocycles. The highest BCUT2D eigenvalue weighted by Crippen LogP contribution is 2.23. The predicted octanol–water partition coefficient (Wildman–Crippen LogP) is 3.91. The van der Waals surface area contributed by atoms with Gasteiger partial charge >= 0.3 is 0 Å². The van der Waals surface area contributed by atoms with Gasteiger partial charge in [0.15, 0.2) is 0 Å². The normalized spacial score (nSPS) is 11.7. The van der Waals surface area contributed by atoms with Gasteiger partial charge in [0.05, 0.1) is 14.2 Å². The van der Waals surface area contributed by atoms with Crippen LogP contribution in [-0.4, -0.2) is 44.0 Å². The molecule has 0 heterocycles. The highest BCUT2D eigenvalue weighted by molar-refractivity contribution is 6.31. The van der Waals surface area contributed by atoms with Gasteiger partial charge in [-0.05, 0) is 30.2 Å². The molecule has 0 aliphatic rings. The third-order valence-corrected chi connectivity index (χ3v) is 5.02. The first-order chi connectivity index (χ1) is 14.2. The number of rotatable bonds is 8. The van der Waals surface area contributed by atoms with Crippen molar-refractivity contribution in [1.82, 2.24) is 10.2 Å². The molecule has 2 rings (SSSR count). The van der Waals surface area contributed by atoms with Crippen LogP contribution in [-0.2, 0) is 11.3 Å². The fourth-order valence-electron chi connectivity index (χ4n) is 2.91. The van der Waals surface area contributed by atoms with Crippen molar-refractivity contribution in [2.75, 3.05) is 21.3 Å². The zero-order valence-electron chi connectivity index (χ0n) is 17.7. The third-order valence-electron chi connectivity index (χ3n) is 4.67. The Morgan fingerprint density at radius 2 is 1.73 bits per heavy atom. The lowest BCUT2D eigenvalue weighted by Crippen LogP contribution is -2.50. The van der Waals surface area contributed by atoms with E-state index in [2.05, 4.69) is 5.32 Å². The number of carbonyl (C=O) groups excluding carboxylic acids is 2. The van der Waals surface area contributed by atoms with E-state index in [-0.39, 0.29) is 29.0 Å². The summed E-state index contributed by atoms with van der Waals surface area (Å²) in [5.41, 5.74) is 0.519. The largest absolute Gasteiger partial charge is 0.497 e. The molecule has 0 saturated heterocycles. The molecule has 0 aliphatic heterocycles. The van der Waals surface area contributed by atoms with Gasteiger partial charge in [-0.15, -0.1) is 0 Å². The van der Waals surface area contributed by atoms with Crippen molar-refractivity contribution >= 4 is 23.4 Å². The summed E-state index contributed by atoms with van der Waals surface area (Å²) in [4.78, 5) is 27.2. The summed E-state index contributed by atoms with van der Waals surface area (Å²) in [5, 5.41) is 3.00. The quantitative estimate of drug-likeness (QED) is 0.681. The Bertz CT molecular complexity index is 878. The number of amides is 2. The number of nitrogens with zero attached hydrogens (tertiary/aromatic N) is 1. The zero-order valence-corrected chi connectivity index (χ0v) is 18.4. The maximum atomic E-state index is 14.1. The molecular weight excluding hydrogens is 411 g/mol. The highest BCUT2D eigenvalue weighted by Gasteiger charge is 2.28. The van der Waals surface area contributed by atoms with Crippen LogP contribution in [0.2, 0.25) is 5.02 Å². The minimum Gasteiger partial charge on any atom is -0.497 e. The number of nitrogens with one attached hydrogen (secondary N) is 1. The summed E-state index contributed by atoms with van der Waals surface area (Å²) in [6.45, 7) is 3.62. The fourth-order valence-corrected chi connectivity index (χ4v) is 3.14. The Labute approximate surface area is 180 Å². The maximum absolute atomic E-state index is 14.1. The van der Waals surface area contributed by atoms with Gasteiger partial charge in [0.25, 0.3) is 5.91 Å². The van der Waals surface area contributed by atoms with Gasteiger partial charge in [0.1, 0.15) is 23.4 Å². The number of hydrogen-bond donors (Lipinski definition) is 1. The number of halogens is 2. The van der Waals surface area contributed by atoms with Crippen LogP contribution in [0.15, 0.2) is 36.4 Å². The summed E-state index contributed by atoms with van der Waals surface area (Å²) in [6.07, 6.45) is 0. The predicted molar refractivity (Wildman–Crippen MR) is 114 cm³/mol. The highest BCUT2D eigenvalue weighted by atomic mass is 35.5. The number of hydrogen-bond acceptors (Lipinski definition) is 4. The summed E-state index contributed by atoms with van der Waals surface area (Å²) >= 11 is 6.07. The van der Waals surface area contributed by atoms with Crippen LogP contribution in [0.25, 0.3) is 0 Å². The van der Waals surface area contributed by atoms with Crippen molar-refractivity contribution in [1.29, 1.82) is 0 Å². The number of ether oxygens (including phenoxy) is 2. The molecule has 0 aliphatic carbocycles. The van der Waals surface area contributed by atoms with Crippen LogP contribution in [0.3, 0.4) is 0 Å². The summed E-state index contributed by atoms with van der Waals surface area (Å²) < 4.78 is 24.5. The molecule has 0 bridgehead atoms. The molecule has 8 heteroatoms. The smallest absolute Gasteiger partial charge is 0.252 e. The van der Waals surface area contributed by atoms with Gasteiger partial charge in [0, 0.05) is 35.8 Å². The standard InChI is InChI=1S/C22H26ClFN2O4/c1-13(2)20(22(28)26(3)12-17-18(23)7-6-8-19(17)24)25-21(27)14-9-15(29-4)11-16(10-14)30-5/h6-11,13,20H,12H2,1-5H3,(H,25,27). The fraction of sp³-hybridized carbons (Fsp3) is 0.364. The minimum atomic E-state index is -0.815. The van der Waals surface area contributed by atoms with Crippen molar-refractivity contribution in [3.05, 3.63) is 58.4 Å². The van der Waals surface area contributed by atoms with E-state index in [0.717, 1.165) is 0 Å². The molecule has 0 aromatic heterocycles. The number of methoxy groups -OCH3 is 2. The molecule has 1 atom stereocenters. The van der Waals surface area contributed by atoms with Crippen LogP contribution in [0.5, 0.6) is 11.5 Å². The lowest BCUT2D eigenvalue weighted by atomic mass is 10.0. The van der Waals surface area contributed by atoms with Crippen LogP contribution in [0.1, 0.15) is 29.8 Å². The summed E-state index contributed by atoms with van der Waals surface area (Å²) in [5.74, 6) is -0.580. The van der Waals surface area contributed by atoms with Gasteiger partial charge in [-0.1, -0.05) is 31.5 Å². The zero-order chi connectivity index (χ0) is 22.4. The van der Waals surface area contributed by atoms with Crippen molar-refractivity contribution in [2.45, 2.75) is 26.4 Å². The second-order valence-corrected chi connectivity index (χ2v) is 7.60. The molecule has 6 nitrogen and oxygen atoms in total. The molecule has 30 heavy (non-hydrogen) atoms. The molecule has 162 valence electrons. The van der Waals surface area contributed by atoms with Crippen LogP contribution in [0.4, 0.5) is 4.39 Å². The van der Waals surface area contributed by atoms with Gasteiger partial charge in [-0.2, -0.15) is 0 Å². The molecule has 2 amide bonds. The van der Waals surface area contributed by atoms with E-state index in [0.29, 0.717) is 17.1 Å². The Morgan fingerprint density at radius 3 is 2.23 bits per heavy atom. The monoisotopic (exact) mass is 436 g/mol. The molecule has 0 spiro atoms. The summed E-state index contributed by atoms with van der Waals surface area (Å²) in [7, 11) is 4.51. The Hall–Kier alpha value is -2.80.